The molecule has 4 rings (SSSR count). The second-order valence-electron chi connectivity index (χ2n) is 5.56. The van der Waals surface area contributed by atoms with Gasteiger partial charge in [0.1, 0.15) is 11.5 Å². The van der Waals surface area contributed by atoms with Gasteiger partial charge < -0.3 is 9.72 Å². The monoisotopic (exact) mass is 346 g/mol. The summed E-state index contributed by atoms with van der Waals surface area (Å²) in [7, 11) is 1.85. The van der Waals surface area contributed by atoms with Crippen molar-refractivity contribution in [3.05, 3.63) is 71.9 Å². The predicted molar refractivity (Wildman–Crippen MR) is 94.6 cm³/mol. The maximum absolute atomic E-state index is 11.8. The Hall–Kier alpha value is -3.81. The summed E-state index contributed by atoms with van der Waals surface area (Å²) in [6.45, 7) is 0. The number of aryl methyl sites for hydroxylation is 1. The molecule has 0 spiro atoms. The largest absolute Gasteiger partial charge is 0.456 e. The number of hydrogen-bond acceptors (Lipinski definition) is 6. The molecular formula is C18H14N6O2. The summed E-state index contributed by atoms with van der Waals surface area (Å²) >= 11 is 0. The average molecular weight is 346 g/mol. The number of aromatic nitrogens is 6. The highest BCUT2D eigenvalue weighted by Gasteiger charge is 2.07. The number of rotatable bonds is 4. The van der Waals surface area contributed by atoms with E-state index in [2.05, 4.69) is 25.0 Å². The summed E-state index contributed by atoms with van der Waals surface area (Å²) in [4.78, 5) is 26.8. The summed E-state index contributed by atoms with van der Waals surface area (Å²) in [6.07, 6.45) is 9.68. The van der Waals surface area contributed by atoms with Crippen LogP contribution in [-0.4, -0.2) is 29.7 Å². The first-order chi connectivity index (χ1) is 12.7. The lowest BCUT2D eigenvalue weighted by atomic mass is 10.2. The molecule has 128 valence electrons. The average Bonchev–Trinajstić information content (AvgIpc) is 3.10. The van der Waals surface area contributed by atoms with Gasteiger partial charge in [-0.1, -0.05) is 0 Å². The van der Waals surface area contributed by atoms with Crippen LogP contribution in [-0.2, 0) is 7.05 Å². The van der Waals surface area contributed by atoms with E-state index in [-0.39, 0.29) is 5.56 Å². The zero-order valence-corrected chi connectivity index (χ0v) is 13.8. The van der Waals surface area contributed by atoms with Crippen molar-refractivity contribution < 1.29 is 4.74 Å². The minimum Gasteiger partial charge on any atom is -0.456 e. The third-order valence-corrected chi connectivity index (χ3v) is 3.70. The van der Waals surface area contributed by atoms with Crippen molar-refractivity contribution in [2.45, 2.75) is 0 Å². The van der Waals surface area contributed by atoms with Gasteiger partial charge in [0.2, 0.25) is 0 Å². The highest BCUT2D eigenvalue weighted by molar-refractivity contribution is 5.59. The number of ether oxygens (including phenoxy) is 1. The summed E-state index contributed by atoms with van der Waals surface area (Å²) < 4.78 is 7.55. The molecule has 4 aromatic rings. The summed E-state index contributed by atoms with van der Waals surface area (Å²) in [5, 5.41) is 4.14. The standard InChI is InChI=1S/C18H14N6O2/c1-24-10-12(7-23-24)17-6-13(4-5-20-17)26-14-2-3-16(21-8-14)15-9-19-11-22-18(15)25/h2-11H,1H3,(H,19,22,25). The number of aromatic amines is 1. The zero-order valence-electron chi connectivity index (χ0n) is 13.8. The van der Waals surface area contributed by atoms with E-state index < -0.39 is 0 Å². The number of pyridine rings is 2. The van der Waals surface area contributed by atoms with Crippen LogP contribution < -0.4 is 10.3 Å². The van der Waals surface area contributed by atoms with E-state index >= 15 is 0 Å². The van der Waals surface area contributed by atoms with Crippen molar-refractivity contribution >= 4 is 0 Å². The molecule has 0 radical (unpaired) electrons. The molecule has 8 heteroatoms. The molecule has 8 nitrogen and oxygen atoms in total. The molecular weight excluding hydrogens is 332 g/mol. The van der Waals surface area contributed by atoms with E-state index in [1.807, 2.05) is 19.3 Å². The zero-order chi connectivity index (χ0) is 17.9. The van der Waals surface area contributed by atoms with Crippen molar-refractivity contribution in [1.82, 2.24) is 29.7 Å². The third kappa shape index (κ3) is 3.20. The van der Waals surface area contributed by atoms with Crippen LogP contribution in [0.25, 0.3) is 22.5 Å². The Bertz CT molecular complexity index is 1100. The molecule has 0 aliphatic rings. The minimum atomic E-state index is -0.239. The van der Waals surface area contributed by atoms with Crippen LogP contribution in [0.3, 0.4) is 0 Å². The van der Waals surface area contributed by atoms with Crippen LogP contribution in [0.1, 0.15) is 0 Å². The van der Waals surface area contributed by atoms with Crippen molar-refractivity contribution in [2.24, 2.45) is 7.05 Å². The van der Waals surface area contributed by atoms with E-state index in [1.54, 1.807) is 41.5 Å². The number of nitrogens with zero attached hydrogens (tertiary/aromatic N) is 5. The van der Waals surface area contributed by atoms with Gasteiger partial charge in [-0.05, 0) is 18.2 Å². The lowest BCUT2D eigenvalue weighted by Crippen LogP contribution is -2.09. The summed E-state index contributed by atoms with van der Waals surface area (Å²) in [5.74, 6) is 1.19. The molecule has 0 fully saturated rings. The summed E-state index contributed by atoms with van der Waals surface area (Å²) in [6, 6.07) is 7.06. The fourth-order valence-electron chi connectivity index (χ4n) is 2.45. The van der Waals surface area contributed by atoms with E-state index in [9.17, 15) is 4.79 Å². The SMILES string of the molecule is Cn1cc(-c2cc(Oc3ccc(-c4cnc[nH]c4=O)nc3)ccn2)cn1. The van der Waals surface area contributed by atoms with E-state index in [0.29, 0.717) is 22.8 Å². The van der Waals surface area contributed by atoms with Crippen molar-refractivity contribution in [1.29, 1.82) is 0 Å². The Balaban J connectivity index is 1.56. The second kappa shape index (κ2) is 6.60. The molecule has 0 bridgehead atoms. The van der Waals surface area contributed by atoms with Gasteiger partial charge in [-0.15, -0.1) is 0 Å². The molecule has 0 aliphatic heterocycles. The Labute approximate surface area is 148 Å². The number of hydrogen-bond donors (Lipinski definition) is 1. The van der Waals surface area contributed by atoms with E-state index in [1.165, 1.54) is 12.5 Å². The number of H-pyrrole nitrogens is 1. The fourth-order valence-corrected chi connectivity index (χ4v) is 2.45. The van der Waals surface area contributed by atoms with Gasteiger partial charge in [-0.2, -0.15) is 5.10 Å². The lowest BCUT2D eigenvalue weighted by Gasteiger charge is -2.07. The highest BCUT2D eigenvalue weighted by Crippen LogP contribution is 2.25. The molecule has 0 aromatic carbocycles. The maximum Gasteiger partial charge on any atom is 0.260 e. The summed E-state index contributed by atoms with van der Waals surface area (Å²) in [5.41, 5.74) is 2.36. The molecule has 0 amide bonds. The second-order valence-corrected chi connectivity index (χ2v) is 5.56. The molecule has 4 heterocycles. The van der Waals surface area contributed by atoms with Gasteiger partial charge in [0, 0.05) is 37.3 Å². The maximum atomic E-state index is 11.8. The molecule has 0 saturated carbocycles. The lowest BCUT2D eigenvalue weighted by molar-refractivity contribution is 0.480. The Morgan fingerprint density at radius 3 is 2.69 bits per heavy atom. The highest BCUT2D eigenvalue weighted by atomic mass is 16.5. The number of nitrogens with one attached hydrogen (secondary N) is 1. The van der Waals surface area contributed by atoms with Crippen LogP contribution >= 0.6 is 0 Å². The van der Waals surface area contributed by atoms with Crippen LogP contribution in [0.4, 0.5) is 0 Å². The molecule has 0 saturated heterocycles. The molecule has 0 aliphatic carbocycles. The van der Waals surface area contributed by atoms with Gasteiger partial charge >= 0.3 is 0 Å². The quantitative estimate of drug-likeness (QED) is 0.609. The first kappa shape index (κ1) is 15.7. The minimum absolute atomic E-state index is 0.239. The topological polar surface area (TPSA) is 98.6 Å². The Morgan fingerprint density at radius 1 is 1.04 bits per heavy atom. The van der Waals surface area contributed by atoms with Crippen molar-refractivity contribution in [2.75, 3.05) is 0 Å². The Kier molecular flexibility index (Phi) is 3.98. The van der Waals surface area contributed by atoms with Crippen LogP contribution in [0.5, 0.6) is 11.5 Å². The molecule has 1 N–H and O–H groups in total. The van der Waals surface area contributed by atoms with Crippen molar-refractivity contribution in [3.8, 4) is 34.0 Å². The van der Waals surface area contributed by atoms with E-state index in [0.717, 1.165) is 11.3 Å². The molecule has 0 unspecified atom stereocenters. The first-order valence-electron chi connectivity index (χ1n) is 7.81. The van der Waals surface area contributed by atoms with E-state index in [4.69, 9.17) is 4.74 Å². The van der Waals surface area contributed by atoms with Gasteiger partial charge in [-0.3, -0.25) is 19.4 Å². The predicted octanol–water partition coefficient (Wildman–Crippen LogP) is 2.42. The fraction of sp³-hybridized carbons (Fsp3) is 0.0556. The normalized spacial score (nSPS) is 10.7. The van der Waals surface area contributed by atoms with Gasteiger partial charge in [0.15, 0.2) is 0 Å². The van der Waals surface area contributed by atoms with Gasteiger partial charge in [-0.25, -0.2) is 4.98 Å². The first-order valence-corrected chi connectivity index (χ1v) is 7.81. The molecule has 26 heavy (non-hydrogen) atoms. The Morgan fingerprint density at radius 2 is 1.96 bits per heavy atom. The van der Waals surface area contributed by atoms with Crippen molar-refractivity contribution in [3.63, 3.8) is 0 Å². The van der Waals surface area contributed by atoms with Crippen LogP contribution in [0.2, 0.25) is 0 Å². The van der Waals surface area contributed by atoms with Crippen LogP contribution in [0, 0.1) is 0 Å². The third-order valence-electron chi connectivity index (χ3n) is 3.70. The smallest absolute Gasteiger partial charge is 0.260 e. The van der Waals surface area contributed by atoms with Gasteiger partial charge in [0.05, 0.1) is 35.7 Å². The van der Waals surface area contributed by atoms with Gasteiger partial charge in [0.25, 0.3) is 5.56 Å². The molecule has 4 aromatic heterocycles. The van der Waals surface area contributed by atoms with Crippen LogP contribution in [0.15, 0.2) is 66.4 Å². The molecule has 0 atom stereocenters.